The van der Waals surface area contributed by atoms with E-state index < -0.39 is 12.5 Å². The molecular formula is C7H7F3O. The molecule has 1 nitrogen and oxygen atoms in total. The molecule has 1 aliphatic carbocycles. The van der Waals surface area contributed by atoms with Crippen molar-refractivity contribution >= 4 is 0 Å². The zero-order valence-electron chi connectivity index (χ0n) is 5.64. The van der Waals surface area contributed by atoms with Gasteiger partial charge < -0.3 is 0 Å². The summed E-state index contributed by atoms with van der Waals surface area (Å²) in [4.78, 5) is 0. The highest BCUT2D eigenvalue weighted by molar-refractivity contribution is 5.15. The van der Waals surface area contributed by atoms with Gasteiger partial charge in [0.25, 0.3) is 0 Å². The van der Waals surface area contributed by atoms with Crippen molar-refractivity contribution in [2.24, 2.45) is 0 Å². The van der Waals surface area contributed by atoms with Gasteiger partial charge in [-0.25, -0.2) is 4.39 Å². The van der Waals surface area contributed by atoms with Crippen molar-refractivity contribution < 1.29 is 17.9 Å². The molecule has 1 aliphatic rings. The lowest BCUT2D eigenvalue weighted by Crippen LogP contribution is -2.27. The third-order valence-corrected chi connectivity index (χ3v) is 1.27. The molecule has 0 aromatic rings. The first-order valence-electron chi connectivity index (χ1n) is 3.12. The van der Waals surface area contributed by atoms with Gasteiger partial charge in [0.2, 0.25) is 5.85 Å². The van der Waals surface area contributed by atoms with Gasteiger partial charge in [-0.15, -0.1) is 0 Å². The first-order chi connectivity index (χ1) is 5.12. The quantitative estimate of drug-likeness (QED) is 0.608. The first kappa shape index (κ1) is 8.33. The van der Waals surface area contributed by atoms with E-state index in [-0.39, 0.29) is 6.42 Å². The second-order valence-corrected chi connectivity index (χ2v) is 2.16. The Morgan fingerprint density at radius 3 is 2.55 bits per heavy atom. The van der Waals surface area contributed by atoms with E-state index in [9.17, 15) is 13.2 Å². The Kier molecular flexibility index (Phi) is 2.34. The summed E-state index contributed by atoms with van der Waals surface area (Å²) in [6.45, 7) is -3.07. The van der Waals surface area contributed by atoms with Crippen LogP contribution in [0.3, 0.4) is 0 Å². The van der Waals surface area contributed by atoms with Gasteiger partial charge in [-0.1, -0.05) is 18.2 Å². The predicted molar refractivity (Wildman–Crippen MR) is 33.8 cm³/mol. The van der Waals surface area contributed by atoms with Crippen molar-refractivity contribution in [3.8, 4) is 0 Å². The normalized spacial score (nSPS) is 29.8. The van der Waals surface area contributed by atoms with Crippen molar-refractivity contribution in [1.29, 1.82) is 0 Å². The van der Waals surface area contributed by atoms with E-state index in [1.807, 2.05) is 0 Å². The van der Waals surface area contributed by atoms with E-state index in [1.165, 1.54) is 12.2 Å². The lowest BCUT2D eigenvalue weighted by molar-refractivity contribution is -0.236. The number of hydrogen-bond donors (Lipinski definition) is 0. The lowest BCUT2D eigenvalue weighted by Gasteiger charge is -2.21. The van der Waals surface area contributed by atoms with Crippen LogP contribution in [0.4, 0.5) is 13.2 Å². The molecule has 0 spiro atoms. The maximum atomic E-state index is 13.0. The summed E-state index contributed by atoms with van der Waals surface area (Å²) in [5, 5.41) is 0. The minimum atomic E-state index is -3.07. The Morgan fingerprint density at radius 2 is 2.09 bits per heavy atom. The van der Waals surface area contributed by atoms with E-state index in [2.05, 4.69) is 4.74 Å². The fourth-order valence-electron chi connectivity index (χ4n) is 0.810. The van der Waals surface area contributed by atoms with Crippen LogP contribution >= 0.6 is 0 Å². The molecule has 0 aromatic carbocycles. The van der Waals surface area contributed by atoms with E-state index in [0.717, 1.165) is 6.08 Å². The van der Waals surface area contributed by atoms with Gasteiger partial charge in [-0.3, -0.25) is 4.74 Å². The molecule has 0 aromatic heterocycles. The number of rotatable bonds is 2. The minimum Gasteiger partial charge on any atom is -0.281 e. The molecule has 0 bridgehead atoms. The maximum Gasteiger partial charge on any atom is 0.348 e. The van der Waals surface area contributed by atoms with Gasteiger partial charge in [0.15, 0.2) is 0 Å². The molecule has 0 heterocycles. The van der Waals surface area contributed by atoms with Crippen LogP contribution in [0, 0.1) is 0 Å². The third-order valence-electron chi connectivity index (χ3n) is 1.27. The summed E-state index contributed by atoms with van der Waals surface area (Å²) in [6.07, 6.45) is 5.16. The van der Waals surface area contributed by atoms with Gasteiger partial charge in [0.05, 0.1) is 0 Å². The topological polar surface area (TPSA) is 9.23 Å². The smallest absolute Gasteiger partial charge is 0.281 e. The van der Waals surface area contributed by atoms with Gasteiger partial charge in [-0.2, -0.15) is 8.78 Å². The highest BCUT2D eigenvalue weighted by atomic mass is 19.3. The molecule has 0 radical (unpaired) electrons. The van der Waals surface area contributed by atoms with Crippen molar-refractivity contribution in [2.75, 3.05) is 0 Å². The molecule has 0 amide bonds. The molecule has 0 N–H and O–H groups in total. The van der Waals surface area contributed by atoms with Crippen LogP contribution in [0.25, 0.3) is 0 Å². The average Bonchev–Trinajstić information content (AvgIpc) is 1.85. The largest absolute Gasteiger partial charge is 0.348 e. The second-order valence-electron chi connectivity index (χ2n) is 2.16. The fraction of sp³-hybridized carbons (Fsp3) is 0.429. The van der Waals surface area contributed by atoms with E-state index >= 15 is 0 Å². The number of halogens is 3. The zero-order valence-corrected chi connectivity index (χ0v) is 5.64. The Morgan fingerprint density at radius 1 is 1.36 bits per heavy atom. The van der Waals surface area contributed by atoms with Crippen LogP contribution < -0.4 is 0 Å². The summed E-state index contributed by atoms with van der Waals surface area (Å²) < 4.78 is 39.8. The number of allylic oxidation sites excluding steroid dienone is 2. The SMILES string of the molecule is FC(F)OC1(F)C=CC=CC1. The fourth-order valence-corrected chi connectivity index (χ4v) is 0.810. The molecule has 11 heavy (non-hydrogen) atoms. The summed E-state index contributed by atoms with van der Waals surface area (Å²) >= 11 is 0. The van der Waals surface area contributed by atoms with Crippen molar-refractivity contribution in [2.45, 2.75) is 18.9 Å². The molecule has 1 atom stereocenters. The maximum absolute atomic E-state index is 13.0. The summed E-state index contributed by atoms with van der Waals surface area (Å²) in [5.41, 5.74) is 0. The van der Waals surface area contributed by atoms with Crippen LogP contribution in [0.5, 0.6) is 0 Å². The van der Waals surface area contributed by atoms with Gasteiger partial charge in [-0.05, 0) is 6.08 Å². The van der Waals surface area contributed by atoms with Gasteiger partial charge >= 0.3 is 6.61 Å². The highest BCUT2D eigenvalue weighted by Gasteiger charge is 2.30. The first-order valence-corrected chi connectivity index (χ1v) is 3.12. The number of hydrogen-bond acceptors (Lipinski definition) is 1. The van der Waals surface area contributed by atoms with Crippen LogP contribution in [-0.4, -0.2) is 12.5 Å². The second kappa shape index (κ2) is 3.09. The summed E-state index contributed by atoms with van der Waals surface area (Å²) in [6, 6.07) is 0. The van der Waals surface area contributed by atoms with Crippen LogP contribution in [-0.2, 0) is 4.74 Å². The van der Waals surface area contributed by atoms with Crippen LogP contribution in [0.15, 0.2) is 24.3 Å². The predicted octanol–water partition coefficient (Wildman–Crippen LogP) is 2.41. The molecule has 4 heteroatoms. The third kappa shape index (κ3) is 2.38. The number of alkyl halides is 3. The summed E-state index contributed by atoms with van der Waals surface area (Å²) in [5.74, 6) is -2.32. The molecule has 1 rings (SSSR count). The molecule has 1 unspecified atom stereocenters. The Balaban J connectivity index is 2.54. The molecule has 62 valence electrons. The average molecular weight is 164 g/mol. The molecule has 0 saturated carbocycles. The number of ether oxygens (including phenoxy) is 1. The Bertz CT molecular complexity index is 188. The highest BCUT2D eigenvalue weighted by Crippen LogP contribution is 2.26. The van der Waals surface area contributed by atoms with Crippen molar-refractivity contribution in [1.82, 2.24) is 0 Å². The van der Waals surface area contributed by atoms with E-state index in [1.54, 1.807) is 6.08 Å². The standard InChI is InChI=1S/C7H7F3O/c8-6(9)11-7(10)4-2-1-3-5-7/h1-4,6H,5H2. The molecule has 0 saturated heterocycles. The van der Waals surface area contributed by atoms with Gasteiger partial charge in [0.1, 0.15) is 0 Å². The van der Waals surface area contributed by atoms with Gasteiger partial charge in [0, 0.05) is 6.42 Å². The molecule has 0 fully saturated rings. The Hall–Kier alpha value is -0.770. The zero-order chi connectivity index (χ0) is 8.32. The van der Waals surface area contributed by atoms with E-state index in [0.29, 0.717) is 0 Å². The van der Waals surface area contributed by atoms with Crippen LogP contribution in [0.1, 0.15) is 6.42 Å². The summed E-state index contributed by atoms with van der Waals surface area (Å²) in [7, 11) is 0. The Labute approximate surface area is 62.2 Å². The monoisotopic (exact) mass is 164 g/mol. The van der Waals surface area contributed by atoms with Crippen molar-refractivity contribution in [3.63, 3.8) is 0 Å². The minimum absolute atomic E-state index is 0.159. The molecule has 0 aliphatic heterocycles. The van der Waals surface area contributed by atoms with E-state index in [4.69, 9.17) is 0 Å². The lowest BCUT2D eigenvalue weighted by atomic mass is 10.1. The molecular weight excluding hydrogens is 157 g/mol. The van der Waals surface area contributed by atoms with Crippen LogP contribution in [0.2, 0.25) is 0 Å². The van der Waals surface area contributed by atoms with Crippen molar-refractivity contribution in [3.05, 3.63) is 24.3 Å².